The van der Waals surface area contributed by atoms with E-state index in [1.807, 2.05) is 0 Å². The largest absolute Gasteiger partial charge is 0.505 e. The summed E-state index contributed by atoms with van der Waals surface area (Å²) in [7, 11) is 0. The summed E-state index contributed by atoms with van der Waals surface area (Å²) in [4.78, 5) is 11.3. The summed E-state index contributed by atoms with van der Waals surface area (Å²) in [5, 5.41) is 15.0. The van der Waals surface area contributed by atoms with Gasteiger partial charge in [-0.1, -0.05) is 6.07 Å². The minimum atomic E-state index is -0.615. The van der Waals surface area contributed by atoms with Crippen molar-refractivity contribution < 1.29 is 14.3 Å². The first kappa shape index (κ1) is 12.8. The number of phenolic OH excluding ortho intramolecular Hbond substituents is 1. The van der Waals surface area contributed by atoms with E-state index in [4.69, 9.17) is 5.11 Å². The number of rotatable bonds is 6. The van der Waals surface area contributed by atoms with Crippen molar-refractivity contribution in [3.05, 3.63) is 29.6 Å². The van der Waals surface area contributed by atoms with E-state index in [-0.39, 0.29) is 17.6 Å². The maximum atomic E-state index is 13.0. The van der Waals surface area contributed by atoms with Crippen LogP contribution in [0, 0.1) is 11.7 Å². The summed E-state index contributed by atoms with van der Waals surface area (Å²) >= 11 is 0. The monoisotopic (exact) mass is 252 g/mol. The Hall–Kier alpha value is -1.62. The molecule has 0 radical (unpaired) electrons. The molecular weight excluding hydrogens is 235 g/mol. The number of halogens is 1. The summed E-state index contributed by atoms with van der Waals surface area (Å²) in [6, 6.07) is 4.29. The molecule has 1 aromatic rings. The molecule has 1 aromatic carbocycles. The number of amides is 1. The van der Waals surface area contributed by atoms with E-state index in [2.05, 4.69) is 10.6 Å². The lowest BCUT2D eigenvalue weighted by molar-refractivity contribution is -0.122. The van der Waals surface area contributed by atoms with E-state index in [1.165, 1.54) is 12.1 Å². The first-order valence-electron chi connectivity index (χ1n) is 6.12. The van der Waals surface area contributed by atoms with Gasteiger partial charge >= 0.3 is 0 Å². The van der Waals surface area contributed by atoms with Gasteiger partial charge in [-0.05, 0) is 30.5 Å². The number of aromatic hydroxyl groups is 1. The van der Waals surface area contributed by atoms with Gasteiger partial charge in [0.2, 0.25) is 5.91 Å². The van der Waals surface area contributed by atoms with Gasteiger partial charge < -0.3 is 15.7 Å². The van der Waals surface area contributed by atoms with Crippen LogP contribution < -0.4 is 10.6 Å². The molecule has 4 nitrogen and oxygen atoms in total. The Kier molecular flexibility index (Phi) is 4.15. The fourth-order valence-corrected chi connectivity index (χ4v) is 1.66. The van der Waals surface area contributed by atoms with Gasteiger partial charge in [-0.25, -0.2) is 4.39 Å². The maximum absolute atomic E-state index is 13.0. The van der Waals surface area contributed by atoms with Crippen molar-refractivity contribution in [2.45, 2.75) is 19.4 Å². The van der Waals surface area contributed by atoms with E-state index in [0.717, 1.165) is 18.4 Å². The number of hydrogen-bond acceptors (Lipinski definition) is 3. The first-order chi connectivity index (χ1) is 8.66. The second-order valence-electron chi connectivity index (χ2n) is 4.53. The van der Waals surface area contributed by atoms with Gasteiger partial charge in [-0.2, -0.15) is 0 Å². The van der Waals surface area contributed by atoms with Crippen LogP contribution in [0.25, 0.3) is 0 Å². The number of phenols is 1. The topological polar surface area (TPSA) is 61.4 Å². The Morgan fingerprint density at radius 1 is 1.39 bits per heavy atom. The lowest BCUT2D eigenvalue weighted by Crippen LogP contribution is -2.32. The van der Waals surface area contributed by atoms with Crippen LogP contribution in [0.5, 0.6) is 5.75 Å². The van der Waals surface area contributed by atoms with Crippen molar-refractivity contribution in [3.63, 3.8) is 0 Å². The number of carbonyl (C=O) groups is 1. The predicted molar refractivity (Wildman–Crippen MR) is 65.5 cm³/mol. The predicted octanol–water partition coefficient (Wildman–Crippen LogP) is 1.15. The highest BCUT2D eigenvalue weighted by atomic mass is 19.1. The van der Waals surface area contributed by atoms with Gasteiger partial charge in [0, 0.05) is 25.6 Å². The lowest BCUT2D eigenvalue weighted by atomic mass is 10.2. The molecule has 1 aliphatic carbocycles. The van der Waals surface area contributed by atoms with Crippen molar-refractivity contribution >= 4 is 5.91 Å². The molecule has 1 saturated carbocycles. The number of nitrogens with one attached hydrogen (secondary N) is 2. The second-order valence-corrected chi connectivity index (χ2v) is 4.53. The van der Waals surface area contributed by atoms with E-state index in [0.29, 0.717) is 19.6 Å². The Balaban J connectivity index is 1.62. The van der Waals surface area contributed by atoms with Crippen LogP contribution in [0.1, 0.15) is 18.4 Å². The van der Waals surface area contributed by atoms with Crippen molar-refractivity contribution in [3.8, 4) is 5.75 Å². The van der Waals surface area contributed by atoms with Gasteiger partial charge in [0.15, 0.2) is 11.6 Å². The molecule has 0 unspecified atom stereocenters. The molecule has 2 rings (SSSR count). The van der Waals surface area contributed by atoms with Crippen LogP contribution in [0.15, 0.2) is 18.2 Å². The van der Waals surface area contributed by atoms with Crippen LogP contribution in [0.3, 0.4) is 0 Å². The molecule has 0 aromatic heterocycles. The number of carbonyl (C=O) groups excluding carboxylic acids is 1. The SMILES string of the molecule is O=C(NCCNCc1ccc(O)c(F)c1)C1CC1. The molecule has 0 spiro atoms. The van der Waals surface area contributed by atoms with E-state index in [9.17, 15) is 9.18 Å². The zero-order valence-corrected chi connectivity index (χ0v) is 10.1. The zero-order chi connectivity index (χ0) is 13.0. The molecule has 1 aliphatic rings. The van der Waals surface area contributed by atoms with Crippen LogP contribution >= 0.6 is 0 Å². The average Bonchev–Trinajstić information content (AvgIpc) is 3.17. The molecule has 0 saturated heterocycles. The van der Waals surface area contributed by atoms with E-state index in [1.54, 1.807) is 6.07 Å². The summed E-state index contributed by atoms with van der Waals surface area (Å²) in [6.07, 6.45) is 2.01. The third-order valence-corrected chi connectivity index (χ3v) is 2.89. The molecule has 1 fully saturated rings. The molecular formula is C13H17FN2O2. The summed E-state index contributed by atoms with van der Waals surface area (Å²) in [5.74, 6) is -0.588. The highest BCUT2D eigenvalue weighted by Crippen LogP contribution is 2.28. The Morgan fingerprint density at radius 2 is 2.17 bits per heavy atom. The van der Waals surface area contributed by atoms with Crippen LogP contribution in [-0.2, 0) is 11.3 Å². The third kappa shape index (κ3) is 3.70. The Bertz CT molecular complexity index is 433. The molecule has 3 N–H and O–H groups in total. The highest BCUT2D eigenvalue weighted by molar-refractivity contribution is 5.80. The van der Waals surface area contributed by atoms with Gasteiger partial charge in [0.25, 0.3) is 0 Å². The molecule has 0 aliphatic heterocycles. The summed E-state index contributed by atoms with van der Waals surface area (Å²) < 4.78 is 13.0. The zero-order valence-electron chi connectivity index (χ0n) is 10.1. The smallest absolute Gasteiger partial charge is 0.223 e. The molecule has 5 heteroatoms. The van der Waals surface area contributed by atoms with Crippen molar-refractivity contribution in [1.82, 2.24) is 10.6 Å². The molecule has 1 amide bonds. The van der Waals surface area contributed by atoms with Crippen molar-refractivity contribution in [2.24, 2.45) is 5.92 Å². The average molecular weight is 252 g/mol. The van der Waals surface area contributed by atoms with E-state index < -0.39 is 5.82 Å². The molecule has 0 heterocycles. The normalized spacial score (nSPS) is 14.5. The fraction of sp³-hybridized carbons (Fsp3) is 0.462. The summed E-state index contributed by atoms with van der Waals surface area (Å²) in [6.45, 7) is 1.73. The minimum Gasteiger partial charge on any atom is -0.505 e. The molecule has 18 heavy (non-hydrogen) atoms. The molecule has 0 bridgehead atoms. The van der Waals surface area contributed by atoms with Gasteiger partial charge in [-0.15, -0.1) is 0 Å². The fourth-order valence-electron chi connectivity index (χ4n) is 1.66. The third-order valence-electron chi connectivity index (χ3n) is 2.89. The molecule has 98 valence electrons. The second kappa shape index (κ2) is 5.82. The van der Waals surface area contributed by atoms with Crippen LogP contribution in [-0.4, -0.2) is 24.1 Å². The standard InChI is InChI=1S/C13H17FN2O2/c14-11-7-9(1-4-12(11)17)8-15-5-6-16-13(18)10-2-3-10/h1,4,7,10,15,17H,2-3,5-6,8H2,(H,16,18). The van der Waals surface area contributed by atoms with Crippen LogP contribution in [0.4, 0.5) is 4.39 Å². The van der Waals surface area contributed by atoms with Gasteiger partial charge in [0.05, 0.1) is 0 Å². The minimum absolute atomic E-state index is 0.132. The highest BCUT2D eigenvalue weighted by Gasteiger charge is 2.28. The Morgan fingerprint density at radius 3 is 2.83 bits per heavy atom. The molecule has 0 atom stereocenters. The number of benzene rings is 1. The Labute approximate surface area is 105 Å². The lowest BCUT2D eigenvalue weighted by Gasteiger charge is -2.07. The van der Waals surface area contributed by atoms with Gasteiger partial charge in [-0.3, -0.25) is 4.79 Å². The van der Waals surface area contributed by atoms with Crippen LogP contribution in [0.2, 0.25) is 0 Å². The first-order valence-corrected chi connectivity index (χ1v) is 6.12. The number of hydrogen-bond donors (Lipinski definition) is 3. The quantitative estimate of drug-likeness (QED) is 0.665. The van der Waals surface area contributed by atoms with Crippen molar-refractivity contribution in [2.75, 3.05) is 13.1 Å². The van der Waals surface area contributed by atoms with Crippen molar-refractivity contribution in [1.29, 1.82) is 0 Å². The van der Waals surface area contributed by atoms with E-state index >= 15 is 0 Å². The van der Waals surface area contributed by atoms with Gasteiger partial charge in [0.1, 0.15) is 0 Å². The summed E-state index contributed by atoms with van der Waals surface area (Å²) in [5.41, 5.74) is 0.763. The maximum Gasteiger partial charge on any atom is 0.223 e.